The quantitative estimate of drug-likeness (QED) is 0.522. The van der Waals surface area contributed by atoms with Crippen molar-refractivity contribution in [2.45, 2.75) is 0 Å². The predicted molar refractivity (Wildman–Crippen MR) is 98.4 cm³/mol. The molecule has 0 aliphatic rings. The molecule has 0 fully saturated rings. The minimum absolute atomic E-state index is 0.0672. The smallest absolute Gasteiger partial charge is 0.325 e. The molecule has 0 bridgehead atoms. The molecule has 2 aromatic carbocycles. The van der Waals surface area contributed by atoms with Crippen LogP contribution >= 0.6 is 0 Å². The molecule has 0 aliphatic heterocycles. The van der Waals surface area contributed by atoms with Crippen LogP contribution in [0.25, 0.3) is 10.9 Å². The number of fused-ring (bicyclic) bond motifs is 1. The third kappa shape index (κ3) is 3.68. The lowest BCUT2D eigenvalue weighted by atomic mass is 10.2. The molecule has 0 saturated heterocycles. The zero-order chi connectivity index (χ0) is 19.4. The van der Waals surface area contributed by atoms with Gasteiger partial charge in [0.1, 0.15) is 17.8 Å². The van der Waals surface area contributed by atoms with Crippen LogP contribution < -0.4 is 20.1 Å². The van der Waals surface area contributed by atoms with E-state index < -0.39 is 11.0 Å². The van der Waals surface area contributed by atoms with Crippen molar-refractivity contribution in [2.75, 3.05) is 24.9 Å². The fraction of sp³-hybridized carbons (Fsp3) is 0.118. The molecule has 27 heavy (non-hydrogen) atoms. The average Bonchev–Trinajstić information content (AvgIpc) is 2.67. The van der Waals surface area contributed by atoms with E-state index in [0.29, 0.717) is 22.4 Å². The van der Waals surface area contributed by atoms with E-state index in [4.69, 9.17) is 9.47 Å². The molecule has 2 N–H and O–H groups in total. The van der Waals surface area contributed by atoms with E-state index in [1.54, 1.807) is 18.2 Å². The number of urea groups is 1. The van der Waals surface area contributed by atoms with Gasteiger partial charge in [-0.25, -0.2) is 14.8 Å². The summed E-state index contributed by atoms with van der Waals surface area (Å²) in [7, 11) is 2.99. The topological polar surface area (TPSA) is 129 Å². The largest absolute Gasteiger partial charge is 0.493 e. The predicted octanol–water partition coefficient (Wildman–Crippen LogP) is 3.20. The number of carbonyl (C=O) groups is 1. The summed E-state index contributed by atoms with van der Waals surface area (Å²) in [5.41, 5.74) is 0.382. The third-order valence-electron chi connectivity index (χ3n) is 3.72. The number of rotatable bonds is 5. The molecule has 0 unspecified atom stereocenters. The van der Waals surface area contributed by atoms with E-state index in [1.807, 2.05) is 0 Å². The highest BCUT2D eigenvalue weighted by Gasteiger charge is 2.16. The van der Waals surface area contributed by atoms with Crippen molar-refractivity contribution in [3.8, 4) is 11.5 Å². The van der Waals surface area contributed by atoms with E-state index in [2.05, 4.69) is 20.6 Å². The minimum atomic E-state index is -0.681. The summed E-state index contributed by atoms with van der Waals surface area (Å²) in [6.45, 7) is 0. The van der Waals surface area contributed by atoms with Gasteiger partial charge in [-0.3, -0.25) is 15.4 Å². The lowest BCUT2D eigenvalue weighted by molar-refractivity contribution is -0.383. The summed E-state index contributed by atoms with van der Waals surface area (Å²) in [5.74, 6) is 1.15. The Kier molecular flexibility index (Phi) is 4.97. The van der Waals surface area contributed by atoms with Crippen LogP contribution in [0, 0.1) is 10.1 Å². The number of ether oxygens (including phenoxy) is 2. The summed E-state index contributed by atoms with van der Waals surface area (Å²) in [6, 6.07) is 8.43. The second-order valence-electron chi connectivity index (χ2n) is 5.30. The van der Waals surface area contributed by atoms with Crippen LogP contribution in [0.2, 0.25) is 0 Å². The van der Waals surface area contributed by atoms with Crippen LogP contribution in [-0.2, 0) is 0 Å². The molecule has 3 aromatic rings. The zero-order valence-electron chi connectivity index (χ0n) is 14.4. The van der Waals surface area contributed by atoms with Gasteiger partial charge in [0, 0.05) is 17.5 Å². The van der Waals surface area contributed by atoms with Crippen LogP contribution in [-0.4, -0.2) is 35.1 Å². The van der Waals surface area contributed by atoms with Crippen molar-refractivity contribution >= 4 is 34.1 Å². The van der Waals surface area contributed by atoms with Gasteiger partial charge in [0.05, 0.1) is 24.7 Å². The number of hydrogen-bond acceptors (Lipinski definition) is 7. The first-order chi connectivity index (χ1) is 13.0. The molecule has 3 rings (SSSR count). The molecule has 0 aliphatic carbocycles. The van der Waals surface area contributed by atoms with Gasteiger partial charge in [-0.05, 0) is 12.1 Å². The van der Waals surface area contributed by atoms with Gasteiger partial charge in [-0.2, -0.15) is 0 Å². The van der Waals surface area contributed by atoms with Gasteiger partial charge in [-0.15, -0.1) is 0 Å². The van der Waals surface area contributed by atoms with E-state index in [0.717, 1.165) is 0 Å². The first kappa shape index (κ1) is 17.9. The summed E-state index contributed by atoms with van der Waals surface area (Å²) < 4.78 is 10.5. The molecule has 0 saturated carbocycles. The van der Waals surface area contributed by atoms with Gasteiger partial charge in [0.15, 0.2) is 11.5 Å². The number of carbonyl (C=O) groups excluding carboxylic acids is 1. The van der Waals surface area contributed by atoms with Gasteiger partial charge in [0.25, 0.3) is 5.69 Å². The molecule has 0 atom stereocenters. The Bertz CT molecular complexity index is 1020. The van der Waals surface area contributed by atoms with Crippen molar-refractivity contribution in [3.63, 3.8) is 0 Å². The van der Waals surface area contributed by atoms with E-state index >= 15 is 0 Å². The second kappa shape index (κ2) is 7.52. The fourth-order valence-corrected chi connectivity index (χ4v) is 2.48. The number of nitrogens with zero attached hydrogens (tertiary/aromatic N) is 3. The zero-order valence-corrected chi connectivity index (χ0v) is 14.4. The lowest BCUT2D eigenvalue weighted by Gasteiger charge is -2.12. The van der Waals surface area contributed by atoms with E-state index in [9.17, 15) is 14.9 Å². The maximum Gasteiger partial charge on any atom is 0.325 e. The van der Waals surface area contributed by atoms with Crippen LogP contribution in [0.3, 0.4) is 0 Å². The summed E-state index contributed by atoms with van der Waals surface area (Å²) >= 11 is 0. The molecule has 10 nitrogen and oxygen atoms in total. The normalized spacial score (nSPS) is 10.3. The van der Waals surface area contributed by atoms with Crippen LogP contribution in [0.15, 0.2) is 42.7 Å². The summed E-state index contributed by atoms with van der Waals surface area (Å²) in [5, 5.41) is 16.6. The standard InChI is InChI=1S/C17H15N5O5/c1-26-14-7-10-12(8-15(14)27-2)18-9-19-16(10)21-17(23)20-11-5-3-4-6-13(11)22(24)25/h3-9H,1-2H3,(H2,18,19,20,21,23). The second-order valence-corrected chi connectivity index (χ2v) is 5.30. The minimum Gasteiger partial charge on any atom is -0.493 e. The number of nitrogens with one attached hydrogen (secondary N) is 2. The molecule has 1 aromatic heterocycles. The fourth-order valence-electron chi connectivity index (χ4n) is 2.48. The molecule has 0 radical (unpaired) electrons. The Morgan fingerprint density at radius 1 is 1.07 bits per heavy atom. The van der Waals surface area contributed by atoms with Crippen molar-refractivity contribution < 1.29 is 19.2 Å². The Balaban J connectivity index is 1.90. The number of para-hydroxylation sites is 2. The van der Waals surface area contributed by atoms with Gasteiger partial charge in [-0.1, -0.05) is 12.1 Å². The highest BCUT2D eigenvalue weighted by atomic mass is 16.6. The Labute approximate surface area is 153 Å². The van der Waals surface area contributed by atoms with Crippen LogP contribution in [0.5, 0.6) is 11.5 Å². The van der Waals surface area contributed by atoms with E-state index in [1.165, 1.54) is 38.7 Å². The SMILES string of the molecule is COc1cc2ncnc(NC(=O)Nc3ccccc3[N+](=O)[O-])c2cc1OC. The maximum absolute atomic E-state index is 12.3. The Morgan fingerprint density at radius 2 is 1.78 bits per heavy atom. The molecular formula is C17H15N5O5. The summed E-state index contributed by atoms with van der Waals surface area (Å²) in [6.07, 6.45) is 1.29. The van der Waals surface area contributed by atoms with Crippen molar-refractivity contribution in [3.05, 3.63) is 52.8 Å². The van der Waals surface area contributed by atoms with E-state index in [-0.39, 0.29) is 17.2 Å². The van der Waals surface area contributed by atoms with Crippen LogP contribution in [0.4, 0.5) is 22.0 Å². The molecule has 0 spiro atoms. The number of methoxy groups -OCH3 is 2. The number of nitro groups is 1. The number of nitro benzene ring substituents is 1. The molecule has 138 valence electrons. The number of anilines is 2. The van der Waals surface area contributed by atoms with Crippen molar-refractivity contribution in [1.82, 2.24) is 9.97 Å². The van der Waals surface area contributed by atoms with Crippen molar-refractivity contribution in [1.29, 1.82) is 0 Å². The van der Waals surface area contributed by atoms with Crippen molar-refractivity contribution in [2.24, 2.45) is 0 Å². The Hall–Kier alpha value is -3.95. The number of aromatic nitrogens is 2. The number of benzene rings is 2. The van der Waals surface area contributed by atoms with Gasteiger partial charge in [0.2, 0.25) is 0 Å². The van der Waals surface area contributed by atoms with Gasteiger partial charge >= 0.3 is 6.03 Å². The van der Waals surface area contributed by atoms with Gasteiger partial charge < -0.3 is 14.8 Å². The molecular weight excluding hydrogens is 354 g/mol. The highest BCUT2D eigenvalue weighted by Crippen LogP contribution is 2.33. The molecule has 10 heteroatoms. The first-order valence-corrected chi connectivity index (χ1v) is 7.71. The lowest BCUT2D eigenvalue weighted by Crippen LogP contribution is -2.21. The summed E-state index contributed by atoms with van der Waals surface area (Å²) in [4.78, 5) is 31.0. The highest BCUT2D eigenvalue weighted by molar-refractivity contribution is 6.05. The molecule has 2 amide bonds. The first-order valence-electron chi connectivity index (χ1n) is 7.71. The number of amides is 2. The monoisotopic (exact) mass is 369 g/mol. The average molecular weight is 369 g/mol. The molecule has 1 heterocycles. The Morgan fingerprint density at radius 3 is 2.48 bits per heavy atom. The number of hydrogen-bond donors (Lipinski definition) is 2. The third-order valence-corrected chi connectivity index (χ3v) is 3.72. The maximum atomic E-state index is 12.3. The van der Waals surface area contributed by atoms with Crippen LogP contribution in [0.1, 0.15) is 0 Å².